The van der Waals surface area contributed by atoms with Gasteiger partial charge in [0.25, 0.3) is 0 Å². The van der Waals surface area contributed by atoms with Crippen LogP contribution < -0.4 is 10.6 Å². The lowest BCUT2D eigenvalue weighted by Crippen LogP contribution is -2.43. The monoisotopic (exact) mass is 464 g/mol. The molecule has 174 valence electrons. The predicted octanol–water partition coefficient (Wildman–Crippen LogP) is 5.00. The summed E-state index contributed by atoms with van der Waals surface area (Å²) in [4.78, 5) is 20.5. The van der Waals surface area contributed by atoms with E-state index >= 15 is 0 Å². The van der Waals surface area contributed by atoms with Gasteiger partial charge in [0.05, 0.1) is 21.9 Å². The van der Waals surface area contributed by atoms with Crippen LogP contribution in [0.2, 0.25) is 5.02 Å². The number of benzene rings is 1. The lowest BCUT2D eigenvalue weighted by molar-refractivity contribution is -0.117. The third-order valence-electron chi connectivity index (χ3n) is 8.36. The Kier molecular flexibility index (Phi) is 5.47. The van der Waals surface area contributed by atoms with E-state index in [0.29, 0.717) is 17.1 Å². The van der Waals surface area contributed by atoms with E-state index in [1.807, 2.05) is 12.1 Å². The highest BCUT2D eigenvalue weighted by Gasteiger charge is 2.49. The third kappa shape index (κ3) is 4.20. The molecule has 4 atom stereocenters. The Labute approximate surface area is 201 Å². The second-order valence-electron chi connectivity index (χ2n) is 11.0. The first kappa shape index (κ1) is 21.6. The SMILES string of the molecule is CC1(CC(=O)Nc2c(Cl)ccc3nc(CN4CCNCC4)ccc23)C=C2CC3CC(CC23)C1. The molecule has 0 radical (unpaired) electrons. The number of hydrogen-bond donors (Lipinski definition) is 2. The molecule has 1 aromatic carbocycles. The first-order valence-electron chi connectivity index (χ1n) is 12.5. The summed E-state index contributed by atoms with van der Waals surface area (Å²) in [5.74, 6) is 2.56. The first-order valence-corrected chi connectivity index (χ1v) is 12.9. The summed E-state index contributed by atoms with van der Waals surface area (Å²) in [6.45, 7) is 7.24. The quantitative estimate of drug-likeness (QED) is 0.611. The fourth-order valence-electron chi connectivity index (χ4n) is 6.92. The van der Waals surface area contributed by atoms with Crippen molar-refractivity contribution in [3.8, 4) is 0 Å². The van der Waals surface area contributed by atoms with Crippen LogP contribution in [0.25, 0.3) is 10.9 Å². The molecule has 2 bridgehead atoms. The molecule has 2 heterocycles. The molecule has 6 rings (SSSR count). The van der Waals surface area contributed by atoms with E-state index in [4.69, 9.17) is 16.6 Å². The Morgan fingerprint density at radius 1 is 1.24 bits per heavy atom. The molecule has 0 spiro atoms. The lowest BCUT2D eigenvalue weighted by Gasteiger charge is -2.38. The number of carbonyl (C=O) groups is 1. The van der Waals surface area contributed by atoms with Crippen molar-refractivity contribution in [2.24, 2.45) is 23.2 Å². The Bertz CT molecular complexity index is 1120. The molecule has 3 aliphatic carbocycles. The van der Waals surface area contributed by atoms with Crippen LogP contribution >= 0.6 is 11.6 Å². The van der Waals surface area contributed by atoms with Crippen molar-refractivity contribution in [1.82, 2.24) is 15.2 Å². The number of fused-ring (bicyclic) bond motifs is 2. The number of aromatic nitrogens is 1. The van der Waals surface area contributed by atoms with E-state index in [2.05, 4.69) is 40.7 Å². The molecule has 2 aromatic rings. The minimum atomic E-state index is -0.0595. The summed E-state index contributed by atoms with van der Waals surface area (Å²) < 4.78 is 0. The number of nitrogens with zero attached hydrogens (tertiary/aromatic N) is 2. The Balaban J connectivity index is 1.20. The van der Waals surface area contributed by atoms with Gasteiger partial charge in [-0.15, -0.1) is 0 Å². The molecular weight excluding hydrogens is 432 g/mol. The summed E-state index contributed by atoms with van der Waals surface area (Å²) in [6, 6.07) is 7.93. The number of pyridine rings is 1. The minimum absolute atomic E-state index is 0.0438. The summed E-state index contributed by atoms with van der Waals surface area (Å²) in [7, 11) is 0. The highest BCUT2D eigenvalue weighted by Crippen LogP contribution is 2.59. The highest BCUT2D eigenvalue weighted by atomic mass is 35.5. The second-order valence-corrected chi connectivity index (χ2v) is 11.4. The van der Waals surface area contributed by atoms with Gasteiger partial charge in [0, 0.05) is 44.5 Å². The van der Waals surface area contributed by atoms with E-state index in [1.165, 1.54) is 19.3 Å². The van der Waals surface area contributed by atoms with Crippen LogP contribution in [0.5, 0.6) is 0 Å². The number of piperazine rings is 1. The second kappa shape index (κ2) is 8.37. The molecule has 1 amide bonds. The number of allylic oxidation sites excluding steroid dienone is 2. The third-order valence-corrected chi connectivity index (χ3v) is 8.67. The number of halogens is 1. The molecule has 33 heavy (non-hydrogen) atoms. The maximum Gasteiger partial charge on any atom is 0.225 e. The van der Waals surface area contributed by atoms with Gasteiger partial charge < -0.3 is 10.6 Å². The average molecular weight is 465 g/mol. The first-order chi connectivity index (χ1) is 16.0. The number of carbonyl (C=O) groups excluding carboxylic acids is 1. The van der Waals surface area contributed by atoms with E-state index in [1.54, 1.807) is 5.57 Å². The zero-order valence-electron chi connectivity index (χ0n) is 19.4. The van der Waals surface area contributed by atoms with Crippen LogP contribution in [-0.4, -0.2) is 42.0 Å². The van der Waals surface area contributed by atoms with Gasteiger partial charge in [-0.3, -0.25) is 14.7 Å². The Morgan fingerprint density at radius 3 is 2.94 bits per heavy atom. The van der Waals surface area contributed by atoms with Crippen LogP contribution in [0, 0.1) is 23.2 Å². The van der Waals surface area contributed by atoms with Gasteiger partial charge in [0.15, 0.2) is 0 Å². The smallest absolute Gasteiger partial charge is 0.225 e. The number of amides is 1. The molecule has 6 heteroatoms. The largest absolute Gasteiger partial charge is 0.324 e. The summed E-state index contributed by atoms with van der Waals surface area (Å²) in [6.07, 6.45) is 8.03. The fraction of sp³-hybridized carbons (Fsp3) is 0.556. The summed E-state index contributed by atoms with van der Waals surface area (Å²) >= 11 is 6.56. The molecule has 2 N–H and O–H groups in total. The molecule has 1 aliphatic heterocycles. The van der Waals surface area contributed by atoms with Crippen LogP contribution in [0.3, 0.4) is 0 Å². The van der Waals surface area contributed by atoms with E-state index in [9.17, 15) is 4.79 Å². The van der Waals surface area contributed by atoms with E-state index < -0.39 is 0 Å². The fourth-order valence-corrected chi connectivity index (χ4v) is 7.13. The van der Waals surface area contributed by atoms with Crippen LogP contribution in [0.4, 0.5) is 5.69 Å². The van der Waals surface area contributed by atoms with Crippen molar-refractivity contribution in [2.75, 3.05) is 31.5 Å². The molecule has 4 unspecified atom stereocenters. The van der Waals surface area contributed by atoms with Gasteiger partial charge in [0.1, 0.15) is 0 Å². The van der Waals surface area contributed by atoms with Crippen LogP contribution in [0.15, 0.2) is 35.9 Å². The van der Waals surface area contributed by atoms with Gasteiger partial charge in [-0.05, 0) is 73.1 Å². The molecule has 1 aromatic heterocycles. The molecule has 4 aliphatic rings. The predicted molar refractivity (Wildman–Crippen MR) is 133 cm³/mol. The Morgan fingerprint density at radius 2 is 2.09 bits per heavy atom. The maximum absolute atomic E-state index is 13.2. The zero-order chi connectivity index (χ0) is 22.6. The lowest BCUT2D eigenvalue weighted by atomic mass is 9.67. The topological polar surface area (TPSA) is 57.3 Å². The maximum atomic E-state index is 13.2. The zero-order valence-corrected chi connectivity index (χ0v) is 20.1. The van der Waals surface area contributed by atoms with Crippen molar-refractivity contribution in [3.05, 3.63) is 46.6 Å². The molecule has 3 fully saturated rings. The molecule has 2 saturated carbocycles. The van der Waals surface area contributed by atoms with Crippen molar-refractivity contribution in [1.29, 1.82) is 0 Å². The normalized spacial score (nSPS) is 31.1. The van der Waals surface area contributed by atoms with Crippen molar-refractivity contribution in [3.63, 3.8) is 0 Å². The van der Waals surface area contributed by atoms with Crippen molar-refractivity contribution >= 4 is 34.1 Å². The minimum Gasteiger partial charge on any atom is -0.324 e. The van der Waals surface area contributed by atoms with E-state index in [-0.39, 0.29) is 11.3 Å². The van der Waals surface area contributed by atoms with Crippen molar-refractivity contribution < 1.29 is 4.79 Å². The van der Waals surface area contributed by atoms with Crippen LogP contribution in [0.1, 0.15) is 44.7 Å². The number of hydrogen-bond acceptors (Lipinski definition) is 4. The van der Waals surface area contributed by atoms with Gasteiger partial charge in [0.2, 0.25) is 5.91 Å². The number of nitrogens with one attached hydrogen (secondary N) is 2. The van der Waals surface area contributed by atoms with E-state index in [0.717, 1.165) is 73.5 Å². The Hall–Kier alpha value is -1.95. The summed E-state index contributed by atoms with van der Waals surface area (Å²) in [5.41, 5.74) is 4.17. The molecule has 1 saturated heterocycles. The van der Waals surface area contributed by atoms with Crippen molar-refractivity contribution in [2.45, 2.75) is 45.6 Å². The highest BCUT2D eigenvalue weighted by molar-refractivity contribution is 6.35. The van der Waals surface area contributed by atoms with Gasteiger partial charge in [-0.2, -0.15) is 0 Å². The molecule has 5 nitrogen and oxygen atoms in total. The average Bonchev–Trinajstić information content (AvgIpc) is 3.04. The molecular formula is C27H33ClN4O. The number of rotatable bonds is 5. The standard InChI is InChI=1S/C27H33ClN4O/c1-27(13-17-10-18-12-19(14-27)22(18)11-17)15-25(33)31-26-21-3-2-20(16-32-8-6-29-7-9-32)30-24(21)5-4-23(26)28/h2-5,14,17-18,22,29H,6-13,15-16H2,1H3,(H,31,33). The van der Waals surface area contributed by atoms with Gasteiger partial charge in [-0.25, -0.2) is 0 Å². The van der Waals surface area contributed by atoms with Gasteiger partial charge in [-0.1, -0.05) is 30.2 Å². The van der Waals surface area contributed by atoms with Crippen LogP contribution in [-0.2, 0) is 11.3 Å². The van der Waals surface area contributed by atoms with Gasteiger partial charge >= 0.3 is 0 Å². The number of anilines is 1. The summed E-state index contributed by atoms with van der Waals surface area (Å²) in [5, 5.41) is 8.02.